The van der Waals surface area contributed by atoms with Gasteiger partial charge in [-0.1, -0.05) is 11.6 Å². The molecule has 1 aromatic carbocycles. The maximum absolute atomic E-state index is 12.3. The van der Waals surface area contributed by atoms with Gasteiger partial charge in [0.15, 0.2) is 0 Å². The molecule has 4 rings (SSSR count). The Bertz CT molecular complexity index is 1290. The Morgan fingerprint density at radius 1 is 1.00 bits per heavy atom. The van der Waals surface area contributed by atoms with Gasteiger partial charge in [0.05, 0.1) is 25.2 Å². The van der Waals surface area contributed by atoms with Crippen molar-refractivity contribution >= 4 is 40.9 Å². The summed E-state index contributed by atoms with van der Waals surface area (Å²) in [5.74, 6) is 0.718. The number of piperazine rings is 1. The number of carbonyl (C=O) groups excluding carboxylic acids is 2. The van der Waals surface area contributed by atoms with Crippen molar-refractivity contribution in [1.29, 1.82) is 0 Å². The standard InChI is InChI=1S/C26H33ClN10O3/c1-40-22-4-3-18(27)15-21(22)37-13-11-36(12-14-37)10-2-6-29-23-17-33-20(16-34-23)25(39)30-8-9-32-26-31-7-5-19(35-26)24(28)38/h3-5,7,15-17H,2,6,8-14H2,1H3,(H2,28,38)(H,29,34)(H,30,39)(H,31,32,35). The zero-order valence-corrected chi connectivity index (χ0v) is 23.0. The molecule has 1 fully saturated rings. The zero-order valence-electron chi connectivity index (χ0n) is 22.3. The number of anilines is 3. The molecule has 3 heterocycles. The number of rotatable bonds is 13. The molecule has 0 saturated carbocycles. The largest absolute Gasteiger partial charge is 0.495 e. The second-order valence-corrected chi connectivity index (χ2v) is 9.46. The van der Waals surface area contributed by atoms with Gasteiger partial charge in [-0.25, -0.2) is 19.9 Å². The molecule has 2 aromatic heterocycles. The fourth-order valence-electron chi connectivity index (χ4n) is 4.20. The summed E-state index contributed by atoms with van der Waals surface area (Å²) in [6.45, 7) is 6.09. The highest BCUT2D eigenvalue weighted by Gasteiger charge is 2.19. The number of carbonyl (C=O) groups is 2. The molecule has 0 spiro atoms. The Balaban J connectivity index is 1.11. The quantitative estimate of drug-likeness (QED) is 0.221. The second kappa shape index (κ2) is 14.2. The van der Waals surface area contributed by atoms with E-state index < -0.39 is 5.91 Å². The number of aromatic nitrogens is 4. The van der Waals surface area contributed by atoms with Gasteiger partial charge in [-0.05, 0) is 37.2 Å². The molecule has 3 aromatic rings. The molecule has 0 bridgehead atoms. The molecule has 14 heteroatoms. The van der Waals surface area contributed by atoms with E-state index in [1.807, 2.05) is 18.2 Å². The molecular formula is C26H33ClN10O3. The van der Waals surface area contributed by atoms with Crippen LogP contribution in [0.5, 0.6) is 5.75 Å². The third-order valence-corrected chi connectivity index (χ3v) is 6.53. The van der Waals surface area contributed by atoms with Gasteiger partial charge < -0.3 is 31.3 Å². The monoisotopic (exact) mass is 568 g/mol. The van der Waals surface area contributed by atoms with Crippen LogP contribution >= 0.6 is 11.6 Å². The fourth-order valence-corrected chi connectivity index (χ4v) is 4.37. The topological polar surface area (TPSA) is 164 Å². The van der Waals surface area contributed by atoms with Crippen molar-refractivity contribution in [3.63, 3.8) is 0 Å². The first-order chi connectivity index (χ1) is 19.4. The Hall–Kier alpha value is -4.23. The summed E-state index contributed by atoms with van der Waals surface area (Å²) in [7, 11) is 1.68. The van der Waals surface area contributed by atoms with Crippen molar-refractivity contribution in [2.24, 2.45) is 5.73 Å². The van der Waals surface area contributed by atoms with Crippen LogP contribution in [0.25, 0.3) is 0 Å². The van der Waals surface area contributed by atoms with Gasteiger partial charge in [0.25, 0.3) is 11.8 Å². The molecule has 0 atom stereocenters. The number of benzene rings is 1. The average molecular weight is 569 g/mol. The maximum atomic E-state index is 12.3. The lowest BCUT2D eigenvalue weighted by Crippen LogP contribution is -2.47. The first kappa shape index (κ1) is 28.8. The van der Waals surface area contributed by atoms with E-state index in [2.05, 4.69) is 45.7 Å². The summed E-state index contributed by atoms with van der Waals surface area (Å²) < 4.78 is 5.49. The van der Waals surface area contributed by atoms with Crippen LogP contribution in [0.2, 0.25) is 5.02 Å². The smallest absolute Gasteiger partial charge is 0.271 e. The van der Waals surface area contributed by atoms with Crippen LogP contribution in [0.4, 0.5) is 17.5 Å². The Kier molecular flexibility index (Phi) is 10.2. The van der Waals surface area contributed by atoms with Gasteiger partial charge in [0.1, 0.15) is 23.0 Å². The van der Waals surface area contributed by atoms with E-state index in [9.17, 15) is 9.59 Å². The van der Waals surface area contributed by atoms with Gasteiger partial charge in [0, 0.05) is 57.0 Å². The van der Waals surface area contributed by atoms with E-state index in [1.54, 1.807) is 13.3 Å². The summed E-state index contributed by atoms with van der Waals surface area (Å²) in [5.41, 5.74) is 6.57. The Morgan fingerprint density at radius 2 is 1.82 bits per heavy atom. The number of nitrogens with two attached hydrogens (primary N) is 1. The highest BCUT2D eigenvalue weighted by molar-refractivity contribution is 6.30. The number of amides is 2. The lowest BCUT2D eigenvalue weighted by atomic mass is 10.2. The van der Waals surface area contributed by atoms with E-state index >= 15 is 0 Å². The first-order valence-corrected chi connectivity index (χ1v) is 13.3. The van der Waals surface area contributed by atoms with E-state index in [0.29, 0.717) is 23.9 Å². The van der Waals surface area contributed by atoms with Crippen LogP contribution < -0.4 is 31.3 Å². The zero-order chi connectivity index (χ0) is 28.3. The molecule has 2 amide bonds. The molecule has 5 N–H and O–H groups in total. The summed E-state index contributed by atoms with van der Waals surface area (Å²) in [5, 5.41) is 9.62. The molecule has 1 aliphatic rings. The molecule has 0 aliphatic carbocycles. The summed E-state index contributed by atoms with van der Waals surface area (Å²) in [6.07, 6.45) is 5.37. The number of halogens is 1. The molecule has 1 saturated heterocycles. The van der Waals surface area contributed by atoms with Crippen molar-refractivity contribution in [2.75, 3.05) is 75.0 Å². The third-order valence-electron chi connectivity index (χ3n) is 6.30. The number of ether oxygens (including phenoxy) is 1. The summed E-state index contributed by atoms with van der Waals surface area (Å²) >= 11 is 6.19. The van der Waals surface area contributed by atoms with Crippen molar-refractivity contribution in [2.45, 2.75) is 6.42 Å². The highest BCUT2D eigenvalue weighted by atomic mass is 35.5. The molecule has 40 heavy (non-hydrogen) atoms. The Morgan fingerprint density at radius 3 is 2.55 bits per heavy atom. The van der Waals surface area contributed by atoms with E-state index in [1.165, 1.54) is 18.5 Å². The lowest BCUT2D eigenvalue weighted by Gasteiger charge is -2.36. The SMILES string of the molecule is COc1ccc(Cl)cc1N1CCN(CCCNc2cnc(C(=O)NCCNc3nccc(C(N)=O)n3)cn2)CC1. The summed E-state index contributed by atoms with van der Waals surface area (Å²) in [6, 6.07) is 7.13. The van der Waals surface area contributed by atoms with Crippen molar-refractivity contribution < 1.29 is 14.3 Å². The van der Waals surface area contributed by atoms with Gasteiger partial charge in [0.2, 0.25) is 5.95 Å². The Labute approximate surface area is 237 Å². The minimum Gasteiger partial charge on any atom is -0.495 e. The van der Waals surface area contributed by atoms with Crippen LogP contribution in [0.1, 0.15) is 27.4 Å². The van der Waals surface area contributed by atoms with Crippen LogP contribution in [0.3, 0.4) is 0 Å². The van der Waals surface area contributed by atoms with Gasteiger partial charge in [-0.2, -0.15) is 0 Å². The predicted octanol–water partition coefficient (Wildman–Crippen LogP) is 1.49. The third kappa shape index (κ3) is 8.13. The molecule has 0 radical (unpaired) electrons. The highest BCUT2D eigenvalue weighted by Crippen LogP contribution is 2.31. The normalized spacial score (nSPS) is 13.5. The first-order valence-electron chi connectivity index (χ1n) is 12.9. The van der Waals surface area contributed by atoms with Crippen LogP contribution in [-0.2, 0) is 0 Å². The van der Waals surface area contributed by atoms with Crippen LogP contribution in [0, 0.1) is 0 Å². The fraction of sp³-hybridized carbons (Fsp3) is 0.385. The minimum absolute atomic E-state index is 0.111. The van der Waals surface area contributed by atoms with Gasteiger partial charge in [-0.3, -0.25) is 14.5 Å². The number of methoxy groups -OCH3 is 1. The molecular weight excluding hydrogens is 536 g/mol. The summed E-state index contributed by atoms with van der Waals surface area (Å²) in [4.78, 5) is 44.8. The van der Waals surface area contributed by atoms with Crippen molar-refractivity contribution in [3.05, 3.63) is 59.3 Å². The molecule has 0 unspecified atom stereocenters. The number of nitrogens with one attached hydrogen (secondary N) is 3. The van der Waals surface area contributed by atoms with Crippen molar-refractivity contribution in [3.8, 4) is 5.75 Å². The maximum Gasteiger partial charge on any atom is 0.271 e. The predicted molar refractivity (Wildman–Crippen MR) is 153 cm³/mol. The minimum atomic E-state index is -0.638. The van der Waals surface area contributed by atoms with E-state index in [-0.39, 0.29) is 23.2 Å². The lowest BCUT2D eigenvalue weighted by molar-refractivity contribution is 0.0948. The van der Waals surface area contributed by atoms with Gasteiger partial charge >= 0.3 is 0 Å². The average Bonchev–Trinajstić information content (AvgIpc) is 2.98. The second-order valence-electron chi connectivity index (χ2n) is 9.02. The molecule has 13 nitrogen and oxygen atoms in total. The number of nitrogens with zero attached hydrogens (tertiary/aromatic N) is 6. The van der Waals surface area contributed by atoms with E-state index in [0.717, 1.165) is 57.1 Å². The van der Waals surface area contributed by atoms with Crippen molar-refractivity contribution in [1.82, 2.24) is 30.2 Å². The van der Waals surface area contributed by atoms with E-state index in [4.69, 9.17) is 22.1 Å². The molecule has 1 aliphatic heterocycles. The molecule has 212 valence electrons. The van der Waals surface area contributed by atoms with Gasteiger partial charge in [-0.15, -0.1) is 0 Å². The number of hydrogen-bond acceptors (Lipinski definition) is 11. The number of primary amides is 1. The van der Waals surface area contributed by atoms with Crippen LogP contribution in [-0.4, -0.2) is 96.1 Å². The number of hydrogen-bond donors (Lipinski definition) is 4. The van der Waals surface area contributed by atoms with Crippen LogP contribution in [0.15, 0.2) is 42.9 Å².